The number of hydrogen-bond acceptors (Lipinski definition) is 7. The van der Waals surface area contributed by atoms with Gasteiger partial charge in [-0.15, -0.1) is 0 Å². The lowest BCUT2D eigenvalue weighted by atomic mass is 10.1. The van der Waals surface area contributed by atoms with Crippen LogP contribution in [0.3, 0.4) is 0 Å². The first-order valence-electron chi connectivity index (χ1n) is 11.0. The van der Waals surface area contributed by atoms with Crippen molar-refractivity contribution >= 4 is 35.0 Å². The molecule has 0 radical (unpaired) electrons. The minimum absolute atomic E-state index is 0.200. The lowest BCUT2D eigenvalue weighted by Gasteiger charge is -2.28. The molecule has 2 fully saturated rings. The quantitative estimate of drug-likeness (QED) is 0.643. The van der Waals surface area contributed by atoms with E-state index in [9.17, 15) is 4.79 Å². The lowest BCUT2D eigenvalue weighted by Crippen LogP contribution is -2.35. The van der Waals surface area contributed by atoms with Crippen molar-refractivity contribution in [2.75, 3.05) is 43.9 Å². The van der Waals surface area contributed by atoms with Gasteiger partial charge in [0.05, 0.1) is 24.1 Å². The molecule has 0 aromatic carbocycles. The SMILES string of the molecule is C[C@@H](CCNc1nc(Nc2cnn(C3CCN(C)CC3)c2)ncc1Cl)N1CCCC1=O. The van der Waals surface area contributed by atoms with Gasteiger partial charge in [-0.2, -0.15) is 10.1 Å². The summed E-state index contributed by atoms with van der Waals surface area (Å²) in [6, 6.07) is 0.630. The summed E-state index contributed by atoms with van der Waals surface area (Å²) in [4.78, 5) is 25.0. The normalized spacial score (nSPS) is 19.1. The van der Waals surface area contributed by atoms with Crippen LogP contribution in [0.1, 0.15) is 45.1 Å². The molecular formula is C21H31ClN8O. The molecule has 4 heterocycles. The van der Waals surface area contributed by atoms with Crippen LogP contribution in [0, 0.1) is 0 Å². The van der Waals surface area contributed by atoms with Crippen molar-refractivity contribution in [1.29, 1.82) is 0 Å². The molecule has 0 unspecified atom stereocenters. The summed E-state index contributed by atoms with van der Waals surface area (Å²) in [6.45, 7) is 5.80. The van der Waals surface area contributed by atoms with E-state index in [0.29, 0.717) is 35.8 Å². The fraction of sp³-hybridized carbons (Fsp3) is 0.619. The molecule has 2 aromatic heterocycles. The van der Waals surface area contributed by atoms with E-state index in [1.54, 1.807) is 12.4 Å². The first-order valence-corrected chi connectivity index (χ1v) is 11.4. The van der Waals surface area contributed by atoms with Crippen molar-refractivity contribution < 1.29 is 4.79 Å². The van der Waals surface area contributed by atoms with Gasteiger partial charge in [-0.05, 0) is 52.7 Å². The van der Waals surface area contributed by atoms with Crippen LogP contribution >= 0.6 is 11.6 Å². The fourth-order valence-corrected chi connectivity index (χ4v) is 4.39. The van der Waals surface area contributed by atoms with E-state index in [-0.39, 0.29) is 11.9 Å². The van der Waals surface area contributed by atoms with E-state index in [2.05, 4.69) is 44.6 Å². The number of nitrogens with one attached hydrogen (secondary N) is 2. The predicted octanol–water partition coefficient (Wildman–Crippen LogP) is 3.15. The maximum absolute atomic E-state index is 11.9. The van der Waals surface area contributed by atoms with Crippen LogP contribution < -0.4 is 10.6 Å². The number of piperidine rings is 1. The molecule has 0 bridgehead atoms. The van der Waals surface area contributed by atoms with Crippen molar-refractivity contribution in [3.63, 3.8) is 0 Å². The molecule has 0 saturated carbocycles. The summed E-state index contributed by atoms with van der Waals surface area (Å²) in [5, 5.41) is 11.5. The van der Waals surface area contributed by atoms with Crippen LogP contribution in [0.4, 0.5) is 17.5 Å². The number of amides is 1. The Balaban J connectivity index is 1.32. The van der Waals surface area contributed by atoms with Gasteiger partial charge in [0.25, 0.3) is 0 Å². The summed E-state index contributed by atoms with van der Waals surface area (Å²) >= 11 is 6.28. The highest BCUT2D eigenvalue weighted by Gasteiger charge is 2.24. The number of rotatable bonds is 8. The largest absolute Gasteiger partial charge is 0.369 e. The topological polar surface area (TPSA) is 91.2 Å². The van der Waals surface area contributed by atoms with E-state index < -0.39 is 0 Å². The predicted molar refractivity (Wildman–Crippen MR) is 122 cm³/mol. The Labute approximate surface area is 188 Å². The molecule has 10 heteroatoms. The number of aromatic nitrogens is 4. The fourth-order valence-electron chi connectivity index (χ4n) is 4.23. The molecule has 2 saturated heterocycles. The van der Waals surface area contributed by atoms with Gasteiger partial charge in [0, 0.05) is 31.7 Å². The van der Waals surface area contributed by atoms with Crippen LogP contribution in [0.25, 0.3) is 0 Å². The summed E-state index contributed by atoms with van der Waals surface area (Å²) < 4.78 is 2.03. The average Bonchev–Trinajstić information content (AvgIpc) is 3.40. The van der Waals surface area contributed by atoms with E-state index in [0.717, 1.165) is 51.0 Å². The second kappa shape index (κ2) is 9.82. The Bertz CT molecular complexity index is 895. The zero-order valence-corrected chi connectivity index (χ0v) is 19.0. The first-order chi connectivity index (χ1) is 15.0. The number of carbonyl (C=O) groups excluding carboxylic acids is 1. The van der Waals surface area contributed by atoms with Gasteiger partial charge >= 0.3 is 0 Å². The Morgan fingerprint density at radius 2 is 2.06 bits per heavy atom. The van der Waals surface area contributed by atoms with Gasteiger partial charge in [0.1, 0.15) is 10.8 Å². The summed E-state index contributed by atoms with van der Waals surface area (Å²) in [6.07, 6.45) is 10.1. The zero-order chi connectivity index (χ0) is 21.8. The molecule has 1 amide bonds. The number of carbonyl (C=O) groups is 1. The van der Waals surface area contributed by atoms with E-state index in [1.165, 1.54) is 0 Å². The Hall–Kier alpha value is -2.39. The van der Waals surface area contributed by atoms with E-state index >= 15 is 0 Å². The van der Waals surface area contributed by atoms with Crippen molar-refractivity contribution in [1.82, 2.24) is 29.5 Å². The van der Waals surface area contributed by atoms with Crippen LogP contribution in [0.5, 0.6) is 0 Å². The smallest absolute Gasteiger partial charge is 0.229 e. The Morgan fingerprint density at radius 3 is 2.81 bits per heavy atom. The molecule has 9 nitrogen and oxygen atoms in total. The van der Waals surface area contributed by atoms with Gasteiger partial charge in [-0.25, -0.2) is 4.98 Å². The number of hydrogen-bond donors (Lipinski definition) is 2. The minimum atomic E-state index is 0.200. The molecule has 4 rings (SSSR count). The third kappa shape index (κ3) is 5.46. The highest BCUT2D eigenvalue weighted by molar-refractivity contribution is 6.32. The molecule has 1 atom stereocenters. The van der Waals surface area contributed by atoms with Gasteiger partial charge in [-0.3, -0.25) is 9.48 Å². The van der Waals surface area contributed by atoms with Crippen LogP contribution in [-0.2, 0) is 4.79 Å². The van der Waals surface area contributed by atoms with E-state index in [1.807, 2.05) is 15.8 Å². The minimum Gasteiger partial charge on any atom is -0.369 e. The third-order valence-corrected chi connectivity index (χ3v) is 6.44. The van der Waals surface area contributed by atoms with Gasteiger partial charge in [0.15, 0.2) is 0 Å². The molecule has 2 N–H and O–H groups in total. The van der Waals surface area contributed by atoms with Crippen molar-refractivity contribution in [3.05, 3.63) is 23.6 Å². The zero-order valence-electron chi connectivity index (χ0n) is 18.2. The number of halogens is 1. The summed E-state index contributed by atoms with van der Waals surface area (Å²) in [7, 11) is 2.16. The van der Waals surface area contributed by atoms with E-state index in [4.69, 9.17) is 11.6 Å². The lowest BCUT2D eigenvalue weighted by molar-refractivity contribution is -0.129. The van der Waals surface area contributed by atoms with Gasteiger partial charge < -0.3 is 20.4 Å². The average molecular weight is 447 g/mol. The molecule has 2 aliphatic rings. The molecule has 31 heavy (non-hydrogen) atoms. The third-order valence-electron chi connectivity index (χ3n) is 6.16. The molecule has 2 aliphatic heterocycles. The Morgan fingerprint density at radius 1 is 1.26 bits per heavy atom. The van der Waals surface area contributed by atoms with Gasteiger partial charge in [0.2, 0.25) is 11.9 Å². The van der Waals surface area contributed by atoms with Crippen LogP contribution in [0.2, 0.25) is 5.02 Å². The summed E-state index contributed by atoms with van der Waals surface area (Å²) in [5.41, 5.74) is 0.855. The van der Waals surface area contributed by atoms with Crippen molar-refractivity contribution in [3.8, 4) is 0 Å². The highest BCUT2D eigenvalue weighted by atomic mass is 35.5. The number of likely N-dealkylation sites (tertiary alicyclic amines) is 2. The molecule has 0 aliphatic carbocycles. The summed E-state index contributed by atoms with van der Waals surface area (Å²) in [5.74, 6) is 1.30. The molecular weight excluding hydrogens is 416 g/mol. The second-order valence-corrected chi connectivity index (χ2v) is 8.92. The van der Waals surface area contributed by atoms with Crippen LogP contribution in [-0.4, -0.2) is 74.7 Å². The van der Waals surface area contributed by atoms with Crippen LogP contribution in [0.15, 0.2) is 18.6 Å². The maximum Gasteiger partial charge on any atom is 0.229 e. The second-order valence-electron chi connectivity index (χ2n) is 8.51. The first kappa shape index (κ1) is 21.8. The standard InChI is InChI=1S/C21H31ClN8O/c1-15(29-9-3-4-19(29)31)5-8-23-20-18(22)13-24-21(27-20)26-16-12-25-30(14-16)17-6-10-28(2)11-7-17/h12-15,17H,3-11H2,1-2H3,(H2,23,24,26,27)/t15-/m0/s1. The Kier molecular flexibility index (Phi) is 6.92. The highest BCUT2D eigenvalue weighted by Crippen LogP contribution is 2.25. The number of anilines is 3. The molecule has 0 spiro atoms. The van der Waals surface area contributed by atoms with Gasteiger partial charge in [-0.1, -0.05) is 11.6 Å². The van der Waals surface area contributed by atoms with Crippen molar-refractivity contribution in [2.45, 2.75) is 51.1 Å². The molecule has 168 valence electrons. The number of nitrogens with zero attached hydrogens (tertiary/aromatic N) is 6. The van der Waals surface area contributed by atoms with Crippen molar-refractivity contribution in [2.24, 2.45) is 0 Å². The maximum atomic E-state index is 11.9. The monoisotopic (exact) mass is 446 g/mol. The molecule has 2 aromatic rings.